The molecule has 1 aromatic heterocycles. The summed E-state index contributed by atoms with van der Waals surface area (Å²) in [5, 5.41) is -0.0990. The first-order chi connectivity index (χ1) is 7.85. The summed E-state index contributed by atoms with van der Waals surface area (Å²) in [5.41, 5.74) is -0.0275. The third kappa shape index (κ3) is 3.89. The molecule has 1 heterocycles. The highest BCUT2D eigenvalue weighted by molar-refractivity contribution is 6.32. The van der Waals surface area contributed by atoms with Crippen LogP contribution in [0.15, 0.2) is 18.3 Å². The summed E-state index contributed by atoms with van der Waals surface area (Å²) in [6.45, 7) is 0.116. The van der Waals surface area contributed by atoms with Crippen LogP contribution in [0.1, 0.15) is 17.3 Å². The van der Waals surface area contributed by atoms with E-state index >= 15 is 0 Å². The van der Waals surface area contributed by atoms with Gasteiger partial charge in [0.15, 0.2) is 0 Å². The van der Waals surface area contributed by atoms with Crippen molar-refractivity contribution in [3.63, 3.8) is 0 Å². The first-order valence-electron chi connectivity index (χ1n) is 4.81. The Kier molecular flexibility index (Phi) is 4.34. The summed E-state index contributed by atoms with van der Waals surface area (Å²) in [6, 6.07) is 2.79. The summed E-state index contributed by atoms with van der Waals surface area (Å²) in [4.78, 5) is 16.1. The molecule has 1 rings (SSSR count). The van der Waals surface area contributed by atoms with Crippen molar-refractivity contribution in [3.05, 3.63) is 29.0 Å². The summed E-state index contributed by atoms with van der Waals surface area (Å²) in [5.74, 6) is -0.775. The van der Waals surface area contributed by atoms with Gasteiger partial charge in [0.25, 0.3) is 5.91 Å². The van der Waals surface area contributed by atoms with E-state index in [2.05, 4.69) is 4.98 Å². The van der Waals surface area contributed by atoms with E-state index in [1.165, 1.54) is 25.3 Å². The lowest BCUT2D eigenvalue weighted by Crippen LogP contribution is -2.38. The van der Waals surface area contributed by atoms with Gasteiger partial charge >= 0.3 is 6.18 Å². The lowest BCUT2D eigenvalue weighted by atomic mass is 10.2. The van der Waals surface area contributed by atoms with E-state index in [-0.39, 0.29) is 17.3 Å². The number of rotatable bonds is 3. The summed E-state index contributed by atoms with van der Waals surface area (Å²) >= 11 is 5.65. The molecule has 0 unspecified atom stereocenters. The molecule has 0 saturated heterocycles. The van der Waals surface area contributed by atoms with Crippen LogP contribution in [0.5, 0.6) is 0 Å². The minimum Gasteiger partial charge on any atom is -0.330 e. The molecule has 0 aromatic carbocycles. The Bertz CT molecular complexity index is 409. The molecule has 0 atom stereocenters. The quantitative estimate of drug-likeness (QED) is 0.788. The molecule has 0 bridgehead atoms. The van der Waals surface area contributed by atoms with E-state index in [1.54, 1.807) is 0 Å². The molecule has 0 fully saturated rings. The van der Waals surface area contributed by atoms with Crippen LogP contribution in [0, 0.1) is 0 Å². The number of hydrogen-bond donors (Lipinski definition) is 0. The number of pyridine rings is 1. The highest BCUT2D eigenvalue weighted by Crippen LogP contribution is 2.20. The standard InChI is InChI=1S/C10H10ClF3N2O/c1-2-16(6-10(12,13)14)9(17)7-4-3-5-15-8(7)11/h3-5H,2,6H2,1H3. The van der Waals surface area contributed by atoms with Gasteiger partial charge in [0.05, 0.1) is 5.56 Å². The Morgan fingerprint density at radius 1 is 1.53 bits per heavy atom. The molecular weight excluding hydrogens is 257 g/mol. The average molecular weight is 267 g/mol. The number of halogens is 4. The van der Waals surface area contributed by atoms with Crippen molar-refractivity contribution in [2.24, 2.45) is 0 Å². The summed E-state index contributed by atoms with van der Waals surface area (Å²) in [7, 11) is 0. The summed E-state index contributed by atoms with van der Waals surface area (Å²) in [6.07, 6.45) is -3.07. The van der Waals surface area contributed by atoms with Gasteiger partial charge in [-0.3, -0.25) is 4.79 Å². The zero-order chi connectivity index (χ0) is 13.1. The molecule has 0 aliphatic heterocycles. The molecular formula is C10H10ClF3N2O. The second kappa shape index (κ2) is 5.35. The highest BCUT2D eigenvalue weighted by atomic mass is 35.5. The number of nitrogens with zero attached hydrogens (tertiary/aromatic N) is 2. The van der Waals surface area contributed by atoms with Crippen molar-refractivity contribution in [2.45, 2.75) is 13.1 Å². The average Bonchev–Trinajstić information content (AvgIpc) is 2.24. The smallest absolute Gasteiger partial charge is 0.330 e. The van der Waals surface area contributed by atoms with Crippen LogP contribution in [0.2, 0.25) is 5.15 Å². The van der Waals surface area contributed by atoms with E-state index < -0.39 is 18.6 Å². The zero-order valence-corrected chi connectivity index (χ0v) is 9.72. The normalized spacial score (nSPS) is 11.4. The fourth-order valence-corrected chi connectivity index (χ4v) is 1.46. The third-order valence-electron chi connectivity index (χ3n) is 2.03. The van der Waals surface area contributed by atoms with Crippen molar-refractivity contribution < 1.29 is 18.0 Å². The molecule has 3 nitrogen and oxygen atoms in total. The van der Waals surface area contributed by atoms with E-state index in [4.69, 9.17) is 11.6 Å². The highest BCUT2D eigenvalue weighted by Gasteiger charge is 2.33. The number of amides is 1. The van der Waals surface area contributed by atoms with Crippen molar-refractivity contribution in [1.82, 2.24) is 9.88 Å². The van der Waals surface area contributed by atoms with Gasteiger partial charge in [-0.25, -0.2) is 4.98 Å². The molecule has 0 spiro atoms. The van der Waals surface area contributed by atoms with E-state index in [0.29, 0.717) is 4.90 Å². The minimum absolute atomic E-state index is 0.0275. The second-order valence-electron chi connectivity index (χ2n) is 3.28. The van der Waals surface area contributed by atoms with Gasteiger partial charge in [-0.05, 0) is 19.1 Å². The maximum absolute atomic E-state index is 12.2. The Hall–Kier alpha value is -1.30. The molecule has 1 aromatic rings. The van der Waals surface area contributed by atoms with Crippen LogP contribution in [0.25, 0.3) is 0 Å². The molecule has 0 radical (unpaired) electrons. The van der Waals surface area contributed by atoms with Gasteiger partial charge in [-0.2, -0.15) is 13.2 Å². The second-order valence-corrected chi connectivity index (χ2v) is 3.63. The number of alkyl halides is 3. The molecule has 0 saturated carbocycles. The monoisotopic (exact) mass is 266 g/mol. The van der Waals surface area contributed by atoms with Gasteiger partial charge < -0.3 is 4.90 Å². The molecule has 1 amide bonds. The van der Waals surface area contributed by atoms with Gasteiger partial charge in [-0.15, -0.1) is 0 Å². The largest absolute Gasteiger partial charge is 0.406 e. The molecule has 0 N–H and O–H groups in total. The van der Waals surface area contributed by atoms with Crippen LogP contribution >= 0.6 is 11.6 Å². The Morgan fingerprint density at radius 3 is 2.65 bits per heavy atom. The van der Waals surface area contributed by atoms with Crippen molar-refractivity contribution in [1.29, 1.82) is 0 Å². The van der Waals surface area contributed by atoms with E-state index in [1.807, 2.05) is 0 Å². The minimum atomic E-state index is -4.43. The van der Waals surface area contributed by atoms with Crippen molar-refractivity contribution in [2.75, 3.05) is 13.1 Å². The number of carbonyl (C=O) groups excluding carboxylic acids is 1. The Balaban J connectivity index is 2.91. The van der Waals surface area contributed by atoms with Crippen LogP contribution in [-0.4, -0.2) is 35.1 Å². The predicted octanol–water partition coefficient (Wildman–Crippen LogP) is 2.76. The maximum Gasteiger partial charge on any atom is 0.406 e. The van der Waals surface area contributed by atoms with Gasteiger partial charge in [0.2, 0.25) is 0 Å². The van der Waals surface area contributed by atoms with Gasteiger partial charge in [0.1, 0.15) is 11.7 Å². The molecule has 0 aliphatic rings. The molecule has 17 heavy (non-hydrogen) atoms. The fourth-order valence-electron chi connectivity index (χ4n) is 1.26. The van der Waals surface area contributed by atoms with Crippen LogP contribution in [0.3, 0.4) is 0 Å². The maximum atomic E-state index is 12.2. The van der Waals surface area contributed by atoms with Crippen LogP contribution < -0.4 is 0 Å². The predicted molar refractivity (Wildman–Crippen MR) is 56.9 cm³/mol. The Morgan fingerprint density at radius 2 is 2.18 bits per heavy atom. The number of hydrogen-bond acceptors (Lipinski definition) is 2. The van der Waals surface area contributed by atoms with Crippen molar-refractivity contribution in [3.8, 4) is 0 Å². The lowest BCUT2D eigenvalue weighted by Gasteiger charge is -2.22. The first-order valence-corrected chi connectivity index (χ1v) is 5.19. The Labute approximate surface area is 101 Å². The molecule has 94 valence electrons. The summed E-state index contributed by atoms with van der Waals surface area (Å²) < 4.78 is 36.7. The first kappa shape index (κ1) is 13.8. The van der Waals surface area contributed by atoms with Crippen molar-refractivity contribution >= 4 is 17.5 Å². The lowest BCUT2D eigenvalue weighted by molar-refractivity contribution is -0.140. The number of carbonyl (C=O) groups is 1. The van der Waals surface area contributed by atoms with Crippen LogP contribution in [-0.2, 0) is 0 Å². The molecule has 0 aliphatic carbocycles. The third-order valence-corrected chi connectivity index (χ3v) is 2.33. The van der Waals surface area contributed by atoms with E-state index in [0.717, 1.165) is 0 Å². The van der Waals surface area contributed by atoms with Gasteiger partial charge in [-0.1, -0.05) is 11.6 Å². The SMILES string of the molecule is CCN(CC(F)(F)F)C(=O)c1cccnc1Cl. The van der Waals surface area contributed by atoms with Gasteiger partial charge in [0, 0.05) is 12.7 Å². The zero-order valence-electron chi connectivity index (χ0n) is 8.96. The molecule has 7 heteroatoms. The van der Waals surface area contributed by atoms with Crippen LogP contribution in [0.4, 0.5) is 13.2 Å². The fraction of sp³-hybridized carbons (Fsp3) is 0.400. The topological polar surface area (TPSA) is 33.2 Å². The van der Waals surface area contributed by atoms with E-state index in [9.17, 15) is 18.0 Å². The number of aromatic nitrogens is 1.